The summed E-state index contributed by atoms with van der Waals surface area (Å²) in [6.45, 7) is 4.18. The molecule has 0 amide bonds. The van der Waals surface area contributed by atoms with Crippen LogP contribution in [0.1, 0.15) is 13.8 Å². The van der Waals surface area contributed by atoms with E-state index in [2.05, 4.69) is 40.2 Å². The van der Waals surface area contributed by atoms with E-state index < -0.39 is 0 Å². The Morgan fingerprint density at radius 3 is 2.71 bits per heavy atom. The highest BCUT2D eigenvalue weighted by Gasteiger charge is 2.15. The Balaban J connectivity index is 1.76. The zero-order chi connectivity index (χ0) is 16.5. The van der Waals surface area contributed by atoms with Gasteiger partial charge in [0.05, 0.1) is 4.70 Å². The molecule has 5 nitrogen and oxygen atoms in total. The van der Waals surface area contributed by atoms with Crippen LogP contribution in [-0.4, -0.2) is 21.0 Å². The van der Waals surface area contributed by atoms with Gasteiger partial charge in [-0.3, -0.25) is 0 Å². The molecule has 0 spiro atoms. The third-order valence-corrected chi connectivity index (χ3v) is 4.46. The van der Waals surface area contributed by atoms with Gasteiger partial charge in [-0.1, -0.05) is 41.7 Å². The van der Waals surface area contributed by atoms with Crippen molar-refractivity contribution in [3.8, 4) is 22.6 Å². The molecular weight excluding hydrogens is 320 g/mol. The van der Waals surface area contributed by atoms with Crippen molar-refractivity contribution in [3.05, 3.63) is 49.0 Å². The van der Waals surface area contributed by atoms with Crippen molar-refractivity contribution in [2.75, 3.05) is 5.32 Å². The molecular formula is C18H16N4OS. The summed E-state index contributed by atoms with van der Waals surface area (Å²) in [7, 11) is 0. The van der Waals surface area contributed by atoms with Crippen LogP contribution in [-0.2, 0) is 0 Å². The van der Waals surface area contributed by atoms with Gasteiger partial charge < -0.3 is 9.73 Å². The lowest BCUT2D eigenvalue weighted by Gasteiger charge is -2.03. The first kappa shape index (κ1) is 14.8. The molecule has 24 heavy (non-hydrogen) atoms. The topological polar surface area (TPSA) is 63.8 Å². The number of nitrogens with one attached hydrogen (secondary N) is 1. The van der Waals surface area contributed by atoms with Crippen molar-refractivity contribution in [2.45, 2.75) is 19.9 Å². The Bertz CT molecular complexity index is 975. The van der Waals surface area contributed by atoms with Crippen LogP contribution in [0.2, 0.25) is 0 Å². The predicted octanol–water partition coefficient (Wildman–Crippen LogP) is 4.83. The largest absolute Gasteiger partial charge is 0.443 e. The monoisotopic (exact) mass is 336 g/mol. The summed E-state index contributed by atoms with van der Waals surface area (Å²) >= 11 is 1.59. The lowest BCUT2D eigenvalue weighted by molar-refractivity contribution is 0.572. The molecule has 0 aliphatic rings. The van der Waals surface area contributed by atoms with Gasteiger partial charge in [-0.05, 0) is 19.9 Å². The molecule has 4 rings (SSSR count). The summed E-state index contributed by atoms with van der Waals surface area (Å²) in [6, 6.07) is 12.4. The zero-order valence-electron chi connectivity index (χ0n) is 13.4. The zero-order valence-corrected chi connectivity index (χ0v) is 14.2. The molecule has 0 fully saturated rings. The molecule has 0 aliphatic heterocycles. The molecule has 1 aromatic carbocycles. The summed E-state index contributed by atoms with van der Waals surface area (Å²) in [4.78, 5) is 13.3. The number of pyridine rings is 1. The number of hydrogen-bond acceptors (Lipinski definition) is 6. The number of thiazole rings is 1. The molecule has 0 aliphatic carbocycles. The van der Waals surface area contributed by atoms with E-state index in [1.807, 2.05) is 30.3 Å². The lowest BCUT2D eigenvalue weighted by Crippen LogP contribution is -2.08. The molecule has 0 unspecified atom stereocenters. The van der Waals surface area contributed by atoms with Gasteiger partial charge in [0.2, 0.25) is 0 Å². The van der Waals surface area contributed by atoms with Crippen LogP contribution in [0.25, 0.3) is 32.9 Å². The van der Waals surface area contributed by atoms with E-state index in [0.717, 1.165) is 38.1 Å². The maximum atomic E-state index is 5.64. The molecule has 1 N–H and O–H groups in total. The third kappa shape index (κ3) is 2.76. The fourth-order valence-corrected chi connectivity index (χ4v) is 3.52. The van der Waals surface area contributed by atoms with Gasteiger partial charge in [0.15, 0.2) is 22.9 Å². The highest BCUT2D eigenvalue weighted by molar-refractivity contribution is 7.22. The minimum absolute atomic E-state index is 0.337. The summed E-state index contributed by atoms with van der Waals surface area (Å²) in [5, 5.41) is 4.20. The maximum Gasteiger partial charge on any atom is 0.185 e. The summed E-state index contributed by atoms with van der Waals surface area (Å²) in [6.07, 6.45) is 3.26. The van der Waals surface area contributed by atoms with E-state index in [1.165, 1.54) is 6.39 Å². The number of fused-ring (bicyclic) bond motifs is 1. The Kier molecular flexibility index (Phi) is 3.74. The van der Waals surface area contributed by atoms with Crippen molar-refractivity contribution in [1.29, 1.82) is 0 Å². The molecule has 0 bridgehead atoms. The fourth-order valence-electron chi connectivity index (χ4n) is 2.51. The minimum atomic E-state index is 0.337. The number of hydrogen-bond donors (Lipinski definition) is 1. The Morgan fingerprint density at radius 1 is 1.08 bits per heavy atom. The maximum absolute atomic E-state index is 5.64. The molecule has 4 aromatic rings. The molecule has 6 heteroatoms. The first-order valence-electron chi connectivity index (χ1n) is 7.73. The summed E-state index contributed by atoms with van der Waals surface area (Å²) < 4.78 is 6.66. The van der Waals surface area contributed by atoms with Crippen molar-refractivity contribution < 1.29 is 4.42 Å². The predicted molar refractivity (Wildman–Crippen MR) is 97.1 cm³/mol. The number of oxazole rings is 1. The molecule has 0 radical (unpaired) electrons. The van der Waals surface area contributed by atoms with Gasteiger partial charge in [-0.25, -0.2) is 15.0 Å². The van der Waals surface area contributed by atoms with Crippen LogP contribution >= 0.6 is 11.3 Å². The quantitative estimate of drug-likeness (QED) is 0.578. The van der Waals surface area contributed by atoms with Gasteiger partial charge in [-0.2, -0.15) is 0 Å². The Morgan fingerprint density at radius 2 is 1.92 bits per heavy atom. The Labute approximate surface area is 143 Å². The van der Waals surface area contributed by atoms with E-state index in [4.69, 9.17) is 4.42 Å². The lowest BCUT2D eigenvalue weighted by atomic mass is 10.1. The van der Waals surface area contributed by atoms with E-state index in [-0.39, 0.29) is 0 Å². The van der Waals surface area contributed by atoms with Crippen molar-refractivity contribution >= 4 is 26.8 Å². The third-order valence-electron chi connectivity index (χ3n) is 3.54. The molecule has 3 aromatic heterocycles. The first-order valence-corrected chi connectivity index (χ1v) is 8.55. The average Bonchev–Trinajstić information content (AvgIpc) is 3.20. The Hall–Kier alpha value is -2.73. The van der Waals surface area contributed by atoms with E-state index >= 15 is 0 Å². The molecule has 3 heterocycles. The summed E-state index contributed by atoms with van der Waals surface area (Å²) in [5.74, 6) is 0.724. The average molecular weight is 336 g/mol. The minimum Gasteiger partial charge on any atom is -0.443 e. The smallest absolute Gasteiger partial charge is 0.185 e. The summed E-state index contributed by atoms with van der Waals surface area (Å²) in [5.41, 5.74) is 3.49. The first-order chi connectivity index (χ1) is 11.7. The van der Waals surface area contributed by atoms with E-state index in [1.54, 1.807) is 17.5 Å². The van der Waals surface area contributed by atoms with Crippen molar-refractivity contribution in [3.63, 3.8) is 0 Å². The van der Waals surface area contributed by atoms with Crippen LogP contribution < -0.4 is 5.32 Å². The fraction of sp³-hybridized carbons (Fsp3) is 0.167. The second kappa shape index (κ2) is 6.05. The molecule has 120 valence electrons. The van der Waals surface area contributed by atoms with E-state index in [9.17, 15) is 0 Å². The van der Waals surface area contributed by atoms with Crippen molar-refractivity contribution in [1.82, 2.24) is 15.0 Å². The SMILES string of the molecule is CC(C)Nc1nc2ncc(-c3ocnc3-c3ccccc3)cc2s1. The molecule has 0 saturated carbocycles. The van der Waals surface area contributed by atoms with E-state index in [0.29, 0.717) is 6.04 Å². The second-order valence-electron chi connectivity index (χ2n) is 5.76. The van der Waals surface area contributed by atoms with Gasteiger partial charge in [0.1, 0.15) is 5.69 Å². The standard InChI is InChI=1S/C18H16N4OS/c1-11(2)21-18-22-17-14(24-18)8-13(9-19-17)16-15(20-10-23-16)12-6-4-3-5-7-12/h3-11H,1-2H3,(H,19,21,22). The van der Waals surface area contributed by atoms with Crippen LogP contribution in [0.15, 0.2) is 53.4 Å². The number of benzene rings is 1. The van der Waals surface area contributed by atoms with Crippen LogP contribution in [0.5, 0.6) is 0 Å². The second-order valence-corrected chi connectivity index (χ2v) is 6.79. The number of aromatic nitrogens is 3. The molecule has 0 saturated heterocycles. The van der Waals surface area contributed by atoms with Crippen LogP contribution in [0.4, 0.5) is 5.13 Å². The molecule has 0 atom stereocenters. The van der Waals surface area contributed by atoms with Gasteiger partial charge in [0, 0.05) is 23.4 Å². The van der Waals surface area contributed by atoms with Crippen LogP contribution in [0.3, 0.4) is 0 Å². The van der Waals surface area contributed by atoms with Crippen LogP contribution in [0, 0.1) is 0 Å². The number of nitrogens with zero attached hydrogens (tertiary/aromatic N) is 3. The van der Waals surface area contributed by atoms with Gasteiger partial charge in [0.25, 0.3) is 0 Å². The van der Waals surface area contributed by atoms with Crippen molar-refractivity contribution in [2.24, 2.45) is 0 Å². The normalized spacial score (nSPS) is 11.3. The van der Waals surface area contributed by atoms with Gasteiger partial charge in [-0.15, -0.1) is 0 Å². The highest BCUT2D eigenvalue weighted by atomic mass is 32.1. The highest BCUT2D eigenvalue weighted by Crippen LogP contribution is 2.34. The van der Waals surface area contributed by atoms with Gasteiger partial charge >= 0.3 is 0 Å². The number of rotatable bonds is 4. The number of anilines is 1.